The summed E-state index contributed by atoms with van der Waals surface area (Å²) >= 11 is 0. The summed E-state index contributed by atoms with van der Waals surface area (Å²) in [6.45, 7) is 1.21. The summed E-state index contributed by atoms with van der Waals surface area (Å²) in [6.07, 6.45) is -1.99. The van der Waals surface area contributed by atoms with E-state index in [2.05, 4.69) is 15.2 Å². The lowest BCUT2D eigenvalue weighted by Crippen LogP contribution is -2.38. The van der Waals surface area contributed by atoms with Crippen LogP contribution in [0, 0.1) is 5.82 Å². The SMILES string of the molecule is COCCCOc1cc(F)cc2ccc(-c3nnc4ccc([C@@H](N5CCC(N)C5)C(F)(F)F)cn34)nc12.Cl.Cl. The van der Waals surface area contributed by atoms with Gasteiger partial charge in [0.1, 0.15) is 28.8 Å². The van der Waals surface area contributed by atoms with Gasteiger partial charge in [0.25, 0.3) is 0 Å². The van der Waals surface area contributed by atoms with E-state index in [1.54, 1.807) is 19.2 Å². The van der Waals surface area contributed by atoms with Crippen molar-refractivity contribution in [1.82, 2.24) is 24.5 Å². The second kappa shape index (κ2) is 12.6. The minimum atomic E-state index is -4.49. The Morgan fingerprint density at radius 2 is 1.90 bits per heavy atom. The zero-order chi connectivity index (χ0) is 26.2. The molecule has 0 saturated carbocycles. The van der Waals surface area contributed by atoms with E-state index < -0.39 is 18.0 Å². The Morgan fingerprint density at radius 1 is 1.10 bits per heavy atom. The first kappa shape index (κ1) is 30.8. The fraction of sp³-hybridized carbons (Fsp3) is 0.400. The van der Waals surface area contributed by atoms with Crippen LogP contribution in [0.4, 0.5) is 17.6 Å². The lowest BCUT2D eigenvalue weighted by molar-refractivity contribution is -0.183. The zero-order valence-electron chi connectivity index (χ0n) is 20.9. The predicted octanol–water partition coefficient (Wildman–Crippen LogP) is 4.98. The summed E-state index contributed by atoms with van der Waals surface area (Å²) in [7, 11) is 1.58. The smallest absolute Gasteiger partial charge is 0.408 e. The van der Waals surface area contributed by atoms with Gasteiger partial charge in [0, 0.05) is 56.9 Å². The fourth-order valence-electron chi connectivity index (χ4n) is 4.69. The highest BCUT2D eigenvalue weighted by molar-refractivity contribution is 5.86. The molecule has 1 aromatic carbocycles. The minimum absolute atomic E-state index is 0. The van der Waals surface area contributed by atoms with E-state index in [1.165, 1.54) is 39.8 Å². The van der Waals surface area contributed by atoms with E-state index in [0.717, 1.165) is 0 Å². The Bertz CT molecular complexity index is 1420. The number of nitrogens with zero attached hydrogens (tertiary/aromatic N) is 5. The molecule has 8 nitrogen and oxygen atoms in total. The molecule has 0 amide bonds. The van der Waals surface area contributed by atoms with Crippen molar-refractivity contribution >= 4 is 41.4 Å². The van der Waals surface area contributed by atoms with Gasteiger partial charge < -0.3 is 15.2 Å². The number of hydrogen-bond acceptors (Lipinski definition) is 7. The molecular weight excluding hydrogens is 563 g/mol. The van der Waals surface area contributed by atoms with E-state index in [1.807, 2.05) is 0 Å². The van der Waals surface area contributed by atoms with Crippen LogP contribution in [0.15, 0.2) is 42.6 Å². The van der Waals surface area contributed by atoms with Gasteiger partial charge in [-0.1, -0.05) is 12.1 Å². The number of aromatic nitrogens is 4. The van der Waals surface area contributed by atoms with Crippen LogP contribution in [-0.2, 0) is 4.74 Å². The highest BCUT2D eigenvalue weighted by atomic mass is 35.5. The van der Waals surface area contributed by atoms with Crippen LogP contribution in [0.3, 0.4) is 0 Å². The highest BCUT2D eigenvalue weighted by Crippen LogP contribution is 2.39. The van der Waals surface area contributed by atoms with Crippen LogP contribution in [0.2, 0.25) is 0 Å². The van der Waals surface area contributed by atoms with Crippen molar-refractivity contribution in [1.29, 1.82) is 0 Å². The Hall–Kier alpha value is -2.77. The maximum absolute atomic E-state index is 14.2. The van der Waals surface area contributed by atoms with E-state index in [-0.39, 0.29) is 61.1 Å². The average molecular weight is 591 g/mol. The van der Waals surface area contributed by atoms with Gasteiger partial charge >= 0.3 is 6.18 Å². The van der Waals surface area contributed by atoms with Crippen LogP contribution in [-0.4, -0.2) is 70.1 Å². The van der Waals surface area contributed by atoms with E-state index in [9.17, 15) is 17.6 Å². The second-order valence-electron chi connectivity index (χ2n) is 9.07. The first-order valence-electron chi connectivity index (χ1n) is 11.9. The molecule has 0 bridgehead atoms. The topological polar surface area (TPSA) is 90.8 Å². The molecule has 0 spiro atoms. The molecule has 1 aliphatic heterocycles. The van der Waals surface area contributed by atoms with E-state index in [4.69, 9.17) is 15.2 Å². The summed E-state index contributed by atoms with van der Waals surface area (Å²) in [5, 5.41) is 8.81. The highest BCUT2D eigenvalue weighted by Gasteiger charge is 2.46. The van der Waals surface area contributed by atoms with Gasteiger partial charge in [0.05, 0.1) is 6.61 Å². The molecule has 0 aliphatic carbocycles. The lowest BCUT2D eigenvalue weighted by Gasteiger charge is -2.30. The first-order valence-corrected chi connectivity index (χ1v) is 11.9. The van der Waals surface area contributed by atoms with Crippen LogP contribution in [0.1, 0.15) is 24.4 Å². The van der Waals surface area contributed by atoms with Crippen molar-refractivity contribution in [2.75, 3.05) is 33.4 Å². The quantitative estimate of drug-likeness (QED) is 0.228. The number of fused-ring (bicyclic) bond motifs is 2. The third-order valence-electron chi connectivity index (χ3n) is 6.37. The van der Waals surface area contributed by atoms with Gasteiger partial charge in [-0.3, -0.25) is 9.30 Å². The molecule has 4 aromatic rings. The van der Waals surface area contributed by atoms with Crippen molar-refractivity contribution < 1.29 is 27.0 Å². The molecule has 1 unspecified atom stereocenters. The monoisotopic (exact) mass is 590 g/mol. The molecule has 4 heterocycles. The number of nitrogens with two attached hydrogens (primary N) is 1. The Morgan fingerprint density at radius 3 is 2.59 bits per heavy atom. The molecule has 0 radical (unpaired) electrons. The van der Waals surface area contributed by atoms with Gasteiger partial charge in [-0.05, 0) is 30.2 Å². The largest absolute Gasteiger partial charge is 0.491 e. The standard InChI is InChI=1S/C25H26F4N6O2.2ClH/c1-36-9-2-10-37-20-12-17(26)11-15-3-5-19(31-22(15)20)24-33-32-21-6-4-16(13-35(21)24)23(25(27,28)29)34-8-7-18(30)14-34;;/h3-6,11-13,18,23H,2,7-10,14,30H2,1H3;2*1H/t18?,23-;;/m1../s1. The van der Waals surface area contributed by atoms with Gasteiger partial charge in [-0.2, -0.15) is 13.2 Å². The number of hydrogen-bond donors (Lipinski definition) is 1. The summed E-state index contributed by atoms with van der Waals surface area (Å²) < 4.78 is 68.9. The number of halogens is 6. The van der Waals surface area contributed by atoms with Crippen LogP contribution in [0.5, 0.6) is 5.75 Å². The minimum Gasteiger partial charge on any atom is -0.491 e. The normalized spacial score (nSPS) is 16.7. The van der Waals surface area contributed by atoms with Crippen molar-refractivity contribution in [3.8, 4) is 17.3 Å². The van der Waals surface area contributed by atoms with Crippen molar-refractivity contribution in [2.24, 2.45) is 5.73 Å². The third kappa shape index (κ3) is 6.52. The van der Waals surface area contributed by atoms with Crippen molar-refractivity contribution in [3.05, 3.63) is 54.0 Å². The molecule has 5 rings (SSSR count). The Labute approximate surface area is 234 Å². The van der Waals surface area contributed by atoms with Gasteiger partial charge in [0.15, 0.2) is 11.5 Å². The predicted molar refractivity (Wildman–Crippen MR) is 143 cm³/mol. The summed E-state index contributed by atoms with van der Waals surface area (Å²) in [4.78, 5) is 5.98. The Kier molecular flexibility index (Phi) is 9.94. The number of benzene rings is 1. The van der Waals surface area contributed by atoms with Gasteiger partial charge in [0.2, 0.25) is 0 Å². The van der Waals surface area contributed by atoms with Gasteiger partial charge in [-0.15, -0.1) is 35.0 Å². The maximum Gasteiger partial charge on any atom is 0.408 e. The zero-order valence-corrected chi connectivity index (χ0v) is 22.5. The molecule has 1 fully saturated rings. The molecule has 14 heteroatoms. The fourth-order valence-corrected chi connectivity index (χ4v) is 4.69. The molecule has 212 valence electrons. The molecular formula is C25H28Cl2F4N6O2. The third-order valence-corrected chi connectivity index (χ3v) is 6.37. The van der Waals surface area contributed by atoms with Crippen LogP contribution < -0.4 is 10.5 Å². The molecule has 1 aliphatic rings. The number of alkyl halides is 3. The second-order valence-corrected chi connectivity index (χ2v) is 9.07. The molecule has 3 aromatic heterocycles. The molecule has 2 N–H and O–H groups in total. The lowest BCUT2D eigenvalue weighted by atomic mass is 10.1. The number of rotatable bonds is 8. The van der Waals surface area contributed by atoms with Crippen LogP contribution in [0.25, 0.3) is 28.1 Å². The summed E-state index contributed by atoms with van der Waals surface area (Å²) in [6, 6.07) is 6.69. The number of ether oxygens (including phenoxy) is 2. The van der Waals surface area contributed by atoms with E-state index >= 15 is 0 Å². The number of likely N-dealkylation sites (tertiary alicyclic amines) is 1. The number of methoxy groups -OCH3 is 1. The summed E-state index contributed by atoms with van der Waals surface area (Å²) in [5.74, 6) is 0.0404. The first-order chi connectivity index (χ1) is 17.7. The molecule has 1 saturated heterocycles. The van der Waals surface area contributed by atoms with Crippen LogP contribution >= 0.6 is 24.8 Å². The maximum atomic E-state index is 14.2. The van der Waals surface area contributed by atoms with Crippen molar-refractivity contribution in [2.45, 2.75) is 31.1 Å². The number of pyridine rings is 2. The average Bonchev–Trinajstić information content (AvgIpc) is 3.46. The molecule has 2 atom stereocenters. The molecule has 39 heavy (non-hydrogen) atoms. The van der Waals surface area contributed by atoms with Gasteiger partial charge in [-0.25, -0.2) is 9.37 Å². The summed E-state index contributed by atoms with van der Waals surface area (Å²) in [5.41, 5.74) is 7.08. The van der Waals surface area contributed by atoms with E-state index in [0.29, 0.717) is 48.3 Å². The van der Waals surface area contributed by atoms with Crippen molar-refractivity contribution in [3.63, 3.8) is 0 Å². The Balaban J connectivity index is 0.00000210.